The quantitative estimate of drug-likeness (QED) is 0.161. The number of aliphatic hydroxyl groups excluding tert-OH is 2. The average Bonchev–Trinajstić information content (AvgIpc) is 2.75. The van der Waals surface area contributed by atoms with Crippen LogP contribution in [0.4, 0.5) is 0 Å². The van der Waals surface area contributed by atoms with Gasteiger partial charge in [-0.25, -0.2) is 0 Å². The summed E-state index contributed by atoms with van der Waals surface area (Å²) in [4.78, 5) is 12.1. The van der Waals surface area contributed by atoms with E-state index in [9.17, 15) is 15.0 Å². The number of rotatable bonds is 18. The summed E-state index contributed by atoms with van der Waals surface area (Å²) in [6, 6.07) is 4.90. The Morgan fingerprint density at radius 3 is 2.03 bits per heavy atom. The van der Waals surface area contributed by atoms with E-state index in [1.54, 1.807) is 23.0 Å². The van der Waals surface area contributed by atoms with Gasteiger partial charge in [0.2, 0.25) is 6.54 Å². The van der Waals surface area contributed by atoms with Crippen molar-refractivity contribution in [2.24, 2.45) is 0 Å². The van der Waals surface area contributed by atoms with E-state index in [1.165, 1.54) is 64.2 Å². The number of nitrogens with one attached hydrogen (secondary N) is 1. The van der Waals surface area contributed by atoms with Gasteiger partial charge in [0, 0.05) is 12.1 Å². The maximum Gasteiger partial charge on any atom is 0.286 e. The standard InChI is InChI=1S/C25H42N2O3.BrH/c1-2-3-4-5-6-7-8-9-10-11-12-13-15-18-24(29)23(22-28)26-25(30)21-27-19-16-14-17-20-27;/h14-20,23-24,28-29H,2-13,21-22H2,1H3;1H/b18-15+;/t23-,24+;/m1./s1. The number of carbonyl (C=O) groups excluding carboxylic acids is 1. The second kappa shape index (κ2) is 20.7. The maximum atomic E-state index is 12.1. The van der Waals surface area contributed by atoms with Crippen LogP contribution in [0, 0.1) is 0 Å². The molecule has 0 aliphatic rings. The molecular formula is C25H43BrN2O3. The molecule has 2 atom stereocenters. The summed E-state index contributed by atoms with van der Waals surface area (Å²) in [7, 11) is 0. The molecule has 3 N–H and O–H groups in total. The Labute approximate surface area is 199 Å². The van der Waals surface area contributed by atoms with Crippen LogP contribution in [0.25, 0.3) is 0 Å². The molecule has 1 rings (SSSR count). The molecule has 6 heteroatoms. The van der Waals surface area contributed by atoms with Gasteiger partial charge in [-0.2, -0.15) is 4.57 Å². The zero-order valence-electron chi connectivity index (χ0n) is 19.2. The van der Waals surface area contributed by atoms with E-state index in [0.29, 0.717) is 0 Å². The number of nitrogens with zero attached hydrogens (tertiary/aromatic N) is 1. The van der Waals surface area contributed by atoms with Crippen molar-refractivity contribution < 1.29 is 36.6 Å². The van der Waals surface area contributed by atoms with E-state index in [4.69, 9.17) is 0 Å². The fourth-order valence-corrected chi connectivity index (χ4v) is 3.49. The van der Waals surface area contributed by atoms with Crippen molar-refractivity contribution in [2.45, 2.75) is 103 Å². The third-order valence-corrected chi connectivity index (χ3v) is 5.37. The molecule has 0 fully saturated rings. The minimum atomic E-state index is -0.882. The largest absolute Gasteiger partial charge is 1.00 e. The molecule has 1 amide bonds. The summed E-state index contributed by atoms with van der Waals surface area (Å²) < 4.78 is 1.75. The minimum absolute atomic E-state index is 0. The predicted octanol–water partition coefficient (Wildman–Crippen LogP) is 1.07. The first kappa shape index (κ1) is 29.8. The number of aromatic nitrogens is 1. The molecule has 0 aliphatic carbocycles. The normalized spacial score (nSPS) is 13.0. The van der Waals surface area contributed by atoms with Crippen LogP contribution in [0.3, 0.4) is 0 Å². The summed E-state index contributed by atoms with van der Waals surface area (Å²) in [5.74, 6) is -0.233. The number of carbonyl (C=O) groups is 1. The number of amides is 1. The van der Waals surface area contributed by atoms with Gasteiger partial charge in [0.15, 0.2) is 12.4 Å². The number of allylic oxidation sites excluding steroid dienone is 1. The van der Waals surface area contributed by atoms with Crippen LogP contribution in [0.15, 0.2) is 42.7 Å². The van der Waals surface area contributed by atoms with Crippen LogP contribution in [0.5, 0.6) is 0 Å². The molecule has 178 valence electrons. The molecule has 0 aliphatic heterocycles. The van der Waals surface area contributed by atoms with Gasteiger partial charge in [0.25, 0.3) is 5.91 Å². The minimum Gasteiger partial charge on any atom is -1.00 e. The molecule has 0 saturated carbocycles. The Hall–Kier alpha value is -1.24. The highest BCUT2D eigenvalue weighted by atomic mass is 79.9. The van der Waals surface area contributed by atoms with Gasteiger partial charge in [0.05, 0.1) is 18.8 Å². The Morgan fingerprint density at radius 2 is 1.48 bits per heavy atom. The molecule has 5 nitrogen and oxygen atoms in total. The Morgan fingerprint density at radius 1 is 0.935 bits per heavy atom. The highest BCUT2D eigenvalue weighted by molar-refractivity contribution is 5.74. The van der Waals surface area contributed by atoms with Crippen LogP contribution in [-0.4, -0.2) is 34.9 Å². The number of halogens is 1. The lowest BCUT2D eigenvalue weighted by Gasteiger charge is -2.19. The van der Waals surface area contributed by atoms with Crippen LogP contribution in [0.2, 0.25) is 0 Å². The smallest absolute Gasteiger partial charge is 0.286 e. The predicted molar refractivity (Wildman–Crippen MR) is 122 cm³/mol. The molecular weight excluding hydrogens is 456 g/mol. The monoisotopic (exact) mass is 498 g/mol. The van der Waals surface area contributed by atoms with Crippen molar-refractivity contribution in [3.63, 3.8) is 0 Å². The summed E-state index contributed by atoms with van der Waals surface area (Å²) in [6.07, 6.45) is 21.8. The molecule has 0 unspecified atom stereocenters. The van der Waals surface area contributed by atoms with Gasteiger partial charge < -0.3 is 32.5 Å². The van der Waals surface area contributed by atoms with Gasteiger partial charge in [-0.05, 0) is 12.8 Å². The van der Waals surface area contributed by atoms with Crippen molar-refractivity contribution in [3.8, 4) is 0 Å². The van der Waals surface area contributed by atoms with Crippen molar-refractivity contribution in [2.75, 3.05) is 6.61 Å². The first-order chi connectivity index (χ1) is 14.7. The number of hydrogen-bond acceptors (Lipinski definition) is 3. The van der Waals surface area contributed by atoms with Gasteiger partial charge in [-0.3, -0.25) is 4.79 Å². The second-order valence-electron chi connectivity index (χ2n) is 8.15. The molecule has 0 saturated heterocycles. The first-order valence-corrected chi connectivity index (χ1v) is 11.9. The number of aliphatic hydroxyl groups is 2. The molecule has 0 spiro atoms. The SMILES string of the molecule is CCCCCCCCCCCCC/C=C/[C@H](O)[C@@H](CO)NC(=O)C[n+]1ccccc1.[Br-]. The fraction of sp³-hybridized carbons (Fsp3) is 0.680. The fourth-order valence-electron chi connectivity index (χ4n) is 3.49. The highest BCUT2D eigenvalue weighted by Crippen LogP contribution is 2.12. The van der Waals surface area contributed by atoms with E-state index >= 15 is 0 Å². The molecule has 31 heavy (non-hydrogen) atoms. The molecule has 0 aromatic carbocycles. The zero-order valence-corrected chi connectivity index (χ0v) is 20.8. The third-order valence-electron chi connectivity index (χ3n) is 5.37. The van der Waals surface area contributed by atoms with Crippen LogP contribution < -0.4 is 26.9 Å². The van der Waals surface area contributed by atoms with Gasteiger partial charge in [-0.15, -0.1) is 0 Å². The molecule has 0 radical (unpaired) electrons. The molecule has 1 aromatic rings. The van der Waals surface area contributed by atoms with E-state index in [0.717, 1.165) is 12.8 Å². The maximum absolute atomic E-state index is 12.1. The van der Waals surface area contributed by atoms with Gasteiger partial charge in [-0.1, -0.05) is 89.4 Å². The van der Waals surface area contributed by atoms with Gasteiger partial charge in [0.1, 0.15) is 0 Å². The molecule has 0 bridgehead atoms. The first-order valence-electron chi connectivity index (χ1n) is 11.9. The Balaban J connectivity index is 0.00000900. The van der Waals surface area contributed by atoms with Crippen LogP contribution in [0.1, 0.15) is 84.0 Å². The topological polar surface area (TPSA) is 73.4 Å². The molecule has 1 heterocycles. The second-order valence-corrected chi connectivity index (χ2v) is 8.15. The van der Waals surface area contributed by atoms with Crippen LogP contribution in [-0.2, 0) is 11.3 Å². The van der Waals surface area contributed by atoms with E-state index in [-0.39, 0.29) is 36.0 Å². The average molecular weight is 500 g/mol. The number of unbranched alkanes of at least 4 members (excludes halogenated alkanes) is 11. The lowest BCUT2D eigenvalue weighted by molar-refractivity contribution is -0.684. The van der Waals surface area contributed by atoms with E-state index < -0.39 is 12.1 Å². The number of pyridine rings is 1. The van der Waals surface area contributed by atoms with Crippen molar-refractivity contribution in [1.82, 2.24) is 5.32 Å². The zero-order chi connectivity index (χ0) is 21.9. The summed E-state index contributed by atoms with van der Waals surface area (Å²) in [5, 5.41) is 22.4. The van der Waals surface area contributed by atoms with Crippen LogP contribution >= 0.6 is 0 Å². The lowest BCUT2D eigenvalue weighted by atomic mass is 10.0. The molecule has 1 aromatic heterocycles. The third kappa shape index (κ3) is 16.1. The van der Waals surface area contributed by atoms with Crippen molar-refractivity contribution in [1.29, 1.82) is 0 Å². The Kier molecular flexibility index (Phi) is 19.8. The highest BCUT2D eigenvalue weighted by Gasteiger charge is 2.20. The number of hydrogen-bond donors (Lipinski definition) is 3. The summed E-state index contributed by atoms with van der Waals surface area (Å²) in [5.41, 5.74) is 0. The van der Waals surface area contributed by atoms with Crippen molar-refractivity contribution in [3.05, 3.63) is 42.7 Å². The Bertz CT molecular complexity index is 569. The lowest BCUT2D eigenvalue weighted by Crippen LogP contribution is -3.00. The van der Waals surface area contributed by atoms with Gasteiger partial charge >= 0.3 is 0 Å². The summed E-state index contributed by atoms with van der Waals surface area (Å²) >= 11 is 0. The van der Waals surface area contributed by atoms with Crippen molar-refractivity contribution >= 4 is 5.91 Å². The van der Waals surface area contributed by atoms with E-state index in [2.05, 4.69) is 12.2 Å². The van der Waals surface area contributed by atoms with E-state index in [1.807, 2.05) is 24.3 Å². The summed E-state index contributed by atoms with van der Waals surface area (Å²) in [6.45, 7) is 2.12.